The zero-order chi connectivity index (χ0) is 14.2. The highest BCUT2D eigenvalue weighted by Crippen LogP contribution is 2.33. The molecule has 0 fully saturated rings. The Morgan fingerprint density at radius 1 is 1.24 bits per heavy atom. The minimum Gasteiger partial charge on any atom is -0.378 e. The number of rotatable bonds is 2. The van der Waals surface area contributed by atoms with Gasteiger partial charge in [0.05, 0.1) is 17.8 Å². The van der Waals surface area contributed by atoms with Gasteiger partial charge >= 0.3 is 0 Å². The maximum Gasteiger partial charge on any atom is 0.0722 e. The number of pyridine rings is 1. The molecule has 4 nitrogen and oxygen atoms in total. The predicted molar refractivity (Wildman–Crippen MR) is 84.3 cm³/mol. The zero-order valence-corrected chi connectivity index (χ0v) is 12.1. The molecule has 1 aliphatic rings. The van der Waals surface area contributed by atoms with Crippen LogP contribution < -0.4 is 5.32 Å². The van der Waals surface area contributed by atoms with Crippen molar-refractivity contribution < 1.29 is 0 Å². The Labute approximate surface area is 123 Å². The smallest absolute Gasteiger partial charge is 0.0722 e. The largest absolute Gasteiger partial charge is 0.378 e. The van der Waals surface area contributed by atoms with E-state index in [4.69, 9.17) is 0 Å². The SMILES string of the molecule is Cn1ncc2c1CCCC2Nc1cccc2ncccc12. The van der Waals surface area contributed by atoms with Crippen LogP contribution in [0.2, 0.25) is 0 Å². The van der Waals surface area contributed by atoms with Gasteiger partial charge in [-0.05, 0) is 43.5 Å². The molecular weight excluding hydrogens is 260 g/mol. The molecule has 0 amide bonds. The van der Waals surface area contributed by atoms with Gasteiger partial charge < -0.3 is 5.32 Å². The molecule has 21 heavy (non-hydrogen) atoms. The van der Waals surface area contributed by atoms with Crippen molar-refractivity contribution in [1.82, 2.24) is 14.8 Å². The molecule has 0 saturated carbocycles. The van der Waals surface area contributed by atoms with E-state index in [0.717, 1.165) is 24.0 Å². The average molecular weight is 278 g/mol. The van der Waals surface area contributed by atoms with Gasteiger partial charge in [0.25, 0.3) is 0 Å². The molecule has 0 radical (unpaired) electrons. The molecule has 2 heterocycles. The normalized spacial score (nSPS) is 17.7. The summed E-state index contributed by atoms with van der Waals surface area (Å²) in [5.74, 6) is 0. The summed E-state index contributed by atoms with van der Waals surface area (Å²) in [6, 6.07) is 10.7. The second kappa shape index (κ2) is 4.88. The summed E-state index contributed by atoms with van der Waals surface area (Å²) in [6.45, 7) is 0. The monoisotopic (exact) mass is 278 g/mol. The van der Waals surface area contributed by atoms with E-state index >= 15 is 0 Å². The first kappa shape index (κ1) is 12.4. The summed E-state index contributed by atoms with van der Waals surface area (Å²) in [5.41, 5.74) is 4.88. The fourth-order valence-corrected chi connectivity index (χ4v) is 3.27. The van der Waals surface area contributed by atoms with E-state index in [1.54, 1.807) is 0 Å². The summed E-state index contributed by atoms with van der Waals surface area (Å²) in [5, 5.41) is 9.29. The van der Waals surface area contributed by atoms with E-state index in [0.29, 0.717) is 6.04 Å². The molecule has 0 saturated heterocycles. The summed E-state index contributed by atoms with van der Waals surface area (Å²) >= 11 is 0. The second-order valence-corrected chi connectivity index (χ2v) is 5.64. The Kier molecular flexibility index (Phi) is 2.88. The first-order valence-corrected chi connectivity index (χ1v) is 7.44. The summed E-state index contributed by atoms with van der Waals surface area (Å²) < 4.78 is 2.01. The number of benzene rings is 1. The lowest BCUT2D eigenvalue weighted by Gasteiger charge is -2.25. The van der Waals surface area contributed by atoms with Crippen LogP contribution in [0, 0.1) is 0 Å². The highest BCUT2D eigenvalue weighted by molar-refractivity contribution is 5.91. The molecule has 1 unspecified atom stereocenters. The van der Waals surface area contributed by atoms with Crippen LogP contribution >= 0.6 is 0 Å². The number of hydrogen-bond acceptors (Lipinski definition) is 3. The second-order valence-electron chi connectivity index (χ2n) is 5.64. The van der Waals surface area contributed by atoms with Gasteiger partial charge in [0.2, 0.25) is 0 Å². The molecule has 2 aromatic heterocycles. The number of hydrogen-bond donors (Lipinski definition) is 1. The van der Waals surface area contributed by atoms with Crippen molar-refractivity contribution in [3.63, 3.8) is 0 Å². The molecular formula is C17H18N4. The zero-order valence-electron chi connectivity index (χ0n) is 12.1. The molecule has 4 rings (SSSR count). The first-order chi connectivity index (χ1) is 10.3. The molecule has 0 spiro atoms. The van der Waals surface area contributed by atoms with Crippen LogP contribution in [0.5, 0.6) is 0 Å². The number of anilines is 1. The lowest BCUT2D eigenvalue weighted by molar-refractivity contribution is 0.572. The third-order valence-corrected chi connectivity index (χ3v) is 4.35. The molecule has 0 aliphatic heterocycles. The summed E-state index contributed by atoms with van der Waals surface area (Å²) in [7, 11) is 2.03. The van der Waals surface area contributed by atoms with Crippen LogP contribution in [0.25, 0.3) is 10.9 Å². The lowest BCUT2D eigenvalue weighted by atomic mass is 9.92. The highest BCUT2D eigenvalue weighted by Gasteiger charge is 2.23. The van der Waals surface area contributed by atoms with Gasteiger partial charge in [-0.2, -0.15) is 5.10 Å². The fraction of sp³-hybridized carbons (Fsp3) is 0.294. The third kappa shape index (κ3) is 2.07. The van der Waals surface area contributed by atoms with E-state index in [-0.39, 0.29) is 0 Å². The average Bonchev–Trinajstić information content (AvgIpc) is 2.90. The van der Waals surface area contributed by atoms with Gasteiger partial charge in [-0.3, -0.25) is 9.67 Å². The fourth-order valence-electron chi connectivity index (χ4n) is 3.27. The van der Waals surface area contributed by atoms with Crippen molar-refractivity contribution in [2.24, 2.45) is 7.05 Å². The first-order valence-electron chi connectivity index (χ1n) is 7.44. The highest BCUT2D eigenvalue weighted by atomic mass is 15.3. The van der Waals surface area contributed by atoms with Crippen molar-refractivity contribution in [3.05, 3.63) is 54.0 Å². The van der Waals surface area contributed by atoms with Gasteiger partial charge in [0.1, 0.15) is 0 Å². The van der Waals surface area contributed by atoms with Crippen LogP contribution in [-0.2, 0) is 13.5 Å². The van der Waals surface area contributed by atoms with Crippen molar-refractivity contribution in [2.45, 2.75) is 25.3 Å². The summed E-state index contributed by atoms with van der Waals surface area (Å²) in [4.78, 5) is 4.43. The van der Waals surface area contributed by atoms with Crippen LogP contribution in [-0.4, -0.2) is 14.8 Å². The Bertz CT molecular complexity index is 785. The van der Waals surface area contributed by atoms with Crippen molar-refractivity contribution in [1.29, 1.82) is 0 Å². The molecule has 0 bridgehead atoms. The van der Waals surface area contributed by atoms with Gasteiger partial charge in [0.15, 0.2) is 0 Å². The molecule has 1 aliphatic carbocycles. The Balaban J connectivity index is 1.73. The Morgan fingerprint density at radius 2 is 2.19 bits per heavy atom. The molecule has 1 atom stereocenters. The molecule has 1 N–H and O–H groups in total. The molecule has 1 aromatic carbocycles. The van der Waals surface area contributed by atoms with Gasteiger partial charge in [-0.1, -0.05) is 6.07 Å². The van der Waals surface area contributed by atoms with E-state index in [9.17, 15) is 0 Å². The van der Waals surface area contributed by atoms with E-state index in [1.165, 1.54) is 23.1 Å². The quantitative estimate of drug-likeness (QED) is 0.780. The van der Waals surface area contributed by atoms with Crippen molar-refractivity contribution in [3.8, 4) is 0 Å². The standard InChI is InChI=1S/C17H18N4/c1-21-17-9-3-8-16(13(17)11-19-21)20-15-7-2-6-14-12(15)5-4-10-18-14/h2,4-7,10-11,16,20H,3,8-9H2,1H3. The molecule has 3 aromatic rings. The minimum absolute atomic E-state index is 0.341. The summed E-state index contributed by atoms with van der Waals surface area (Å²) in [6.07, 6.45) is 7.32. The van der Waals surface area contributed by atoms with E-state index in [2.05, 4.69) is 39.7 Å². The van der Waals surface area contributed by atoms with Crippen LogP contribution in [0.1, 0.15) is 30.1 Å². The third-order valence-electron chi connectivity index (χ3n) is 4.35. The minimum atomic E-state index is 0.341. The van der Waals surface area contributed by atoms with Crippen LogP contribution in [0.4, 0.5) is 5.69 Å². The number of fused-ring (bicyclic) bond motifs is 2. The van der Waals surface area contributed by atoms with Crippen LogP contribution in [0.3, 0.4) is 0 Å². The topological polar surface area (TPSA) is 42.7 Å². The number of aryl methyl sites for hydroxylation is 1. The van der Waals surface area contributed by atoms with E-state index < -0.39 is 0 Å². The number of nitrogens with one attached hydrogen (secondary N) is 1. The lowest BCUT2D eigenvalue weighted by Crippen LogP contribution is -2.17. The van der Waals surface area contributed by atoms with Gasteiger partial charge in [0, 0.05) is 35.6 Å². The molecule has 4 heteroatoms. The van der Waals surface area contributed by atoms with E-state index in [1.807, 2.05) is 30.2 Å². The maximum absolute atomic E-state index is 4.43. The Hall–Kier alpha value is -2.36. The van der Waals surface area contributed by atoms with Crippen molar-refractivity contribution >= 4 is 16.6 Å². The maximum atomic E-state index is 4.43. The van der Waals surface area contributed by atoms with Crippen molar-refractivity contribution in [2.75, 3.05) is 5.32 Å². The van der Waals surface area contributed by atoms with Gasteiger partial charge in [-0.15, -0.1) is 0 Å². The number of nitrogens with zero attached hydrogens (tertiary/aromatic N) is 3. The Morgan fingerprint density at radius 3 is 3.14 bits per heavy atom. The van der Waals surface area contributed by atoms with Gasteiger partial charge in [-0.25, -0.2) is 0 Å². The predicted octanol–water partition coefficient (Wildman–Crippen LogP) is 3.46. The number of aromatic nitrogens is 3. The van der Waals surface area contributed by atoms with Crippen LogP contribution in [0.15, 0.2) is 42.7 Å². The molecule has 106 valence electrons.